The predicted molar refractivity (Wildman–Crippen MR) is 72.9 cm³/mol. The van der Waals surface area contributed by atoms with Crippen LogP contribution < -0.4 is 5.32 Å². The predicted octanol–water partition coefficient (Wildman–Crippen LogP) is 3.93. The molecule has 0 unspecified atom stereocenters. The van der Waals surface area contributed by atoms with Gasteiger partial charge in [-0.2, -0.15) is 0 Å². The molecule has 0 saturated heterocycles. The van der Waals surface area contributed by atoms with Gasteiger partial charge in [0, 0.05) is 12.1 Å². The lowest BCUT2D eigenvalue weighted by molar-refractivity contribution is -0.115. The van der Waals surface area contributed by atoms with Crippen LogP contribution in [-0.4, -0.2) is 5.91 Å². The zero-order valence-corrected chi connectivity index (χ0v) is 10.1. The molecule has 1 aromatic rings. The Hall–Kier alpha value is -1.83. The SMILES string of the molecule is C=CCCC/C=C/CC(=O)Nc1ccccc1. The van der Waals surface area contributed by atoms with E-state index in [4.69, 9.17) is 0 Å². The molecule has 0 heterocycles. The Labute approximate surface area is 103 Å². The summed E-state index contributed by atoms with van der Waals surface area (Å²) in [6.45, 7) is 3.67. The maximum absolute atomic E-state index is 11.5. The van der Waals surface area contributed by atoms with Crippen molar-refractivity contribution in [2.75, 3.05) is 5.32 Å². The monoisotopic (exact) mass is 229 g/mol. The third kappa shape index (κ3) is 6.36. The van der Waals surface area contributed by atoms with Gasteiger partial charge in [0.2, 0.25) is 5.91 Å². The fraction of sp³-hybridized carbons (Fsp3) is 0.267. The largest absolute Gasteiger partial charge is 0.326 e. The molecule has 2 nitrogen and oxygen atoms in total. The summed E-state index contributed by atoms with van der Waals surface area (Å²) in [5.41, 5.74) is 0.845. The fourth-order valence-electron chi connectivity index (χ4n) is 1.42. The van der Waals surface area contributed by atoms with Crippen molar-refractivity contribution in [3.63, 3.8) is 0 Å². The molecule has 17 heavy (non-hydrogen) atoms. The Morgan fingerprint density at radius 3 is 2.65 bits per heavy atom. The molecule has 0 spiro atoms. The van der Waals surface area contributed by atoms with Crippen molar-refractivity contribution in [3.05, 3.63) is 55.1 Å². The summed E-state index contributed by atoms with van der Waals surface area (Å²) < 4.78 is 0. The van der Waals surface area contributed by atoms with Crippen molar-refractivity contribution in [3.8, 4) is 0 Å². The molecule has 0 aromatic heterocycles. The number of para-hydroxylation sites is 1. The fourth-order valence-corrected chi connectivity index (χ4v) is 1.42. The highest BCUT2D eigenvalue weighted by Crippen LogP contribution is 2.05. The molecule has 90 valence electrons. The van der Waals surface area contributed by atoms with Gasteiger partial charge in [-0.25, -0.2) is 0 Å². The maximum Gasteiger partial charge on any atom is 0.228 e. The quantitative estimate of drug-likeness (QED) is 0.557. The highest BCUT2D eigenvalue weighted by Gasteiger charge is 1.97. The van der Waals surface area contributed by atoms with Gasteiger partial charge in [0.15, 0.2) is 0 Å². The van der Waals surface area contributed by atoms with Crippen LogP contribution in [0, 0.1) is 0 Å². The van der Waals surface area contributed by atoms with Crippen molar-refractivity contribution < 1.29 is 4.79 Å². The van der Waals surface area contributed by atoms with E-state index in [1.807, 2.05) is 48.6 Å². The summed E-state index contributed by atoms with van der Waals surface area (Å²) in [6, 6.07) is 9.49. The number of carbonyl (C=O) groups is 1. The first-order valence-electron chi connectivity index (χ1n) is 5.93. The number of allylic oxidation sites excluding steroid dienone is 2. The molecular formula is C15H19NO. The zero-order chi connectivity index (χ0) is 12.3. The minimum Gasteiger partial charge on any atom is -0.326 e. The number of nitrogens with one attached hydrogen (secondary N) is 1. The second-order valence-electron chi connectivity index (χ2n) is 3.81. The second-order valence-corrected chi connectivity index (χ2v) is 3.81. The maximum atomic E-state index is 11.5. The number of hydrogen-bond donors (Lipinski definition) is 1. The molecule has 0 aliphatic rings. The van der Waals surface area contributed by atoms with Crippen molar-refractivity contribution in [2.45, 2.75) is 25.7 Å². The summed E-state index contributed by atoms with van der Waals surface area (Å²) in [6.07, 6.45) is 9.44. The Morgan fingerprint density at radius 1 is 1.18 bits per heavy atom. The first-order valence-corrected chi connectivity index (χ1v) is 5.93. The van der Waals surface area contributed by atoms with Crippen molar-refractivity contribution >= 4 is 11.6 Å². The molecule has 1 aromatic carbocycles. The number of benzene rings is 1. The van der Waals surface area contributed by atoms with Gasteiger partial charge in [0.05, 0.1) is 0 Å². The molecule has 1 rings (SSSR count). The van der Waals surface area contributed by atoms with E-state index in [1.165, 1.54) is 0 Å². The lowest BCUT2D eigenvalue weighted by Gasteiger charge is -2.01. The van der Waals surface area contributed by atoms with Gasteiger partial charge < -0.3 is 5.32 Å². The number of rotatable bonds is 7. The van der Waals surface area contributed by atoms with Crippen molar-refractivity contribution in [1.82, 2.24) is 0 Å². The normalized spacial score (nSPS) is 10.4. The van der Waals surface area contributed by atoms with E-state index in [0.717, 1.165) is 24.9 Å². The van der Waals surface area contributed by atoms with Crippen LogP contribution in [0.5, 0.6) is 0 Å². The second kappa shape index (κ2) is 8.34. The third-order valence-corrected chi connectivity index (χ3v) is 2.31. The average molecular weight is 229 g/mol. The molecule has 0 atom stereocenters. The summed E-state index contributed by atoms with van der Waals surface area (Å²) in [5.74, 6) is 0.0242. The van der Waals surface area contributed by atoms with Crippen molar-refractivity contribution in [1.29, 1.82) is 0 Å². The van der Waals surface area contributed by atoms with Gasteiger partial charge in [0.1, 0.15) is 0 Å². The molecule has 0 saturated carbocycles. The van der Waals surface area contributed by atoms with E-state index >= 15 is 0 Å². The Balaban J connectivity index is 2.19. The molecule has 1 amide bonds. The summed E-state index contributed by atoms with van der Waals surface area (Å²) in [4.78, 5) is 11.5. The lowest BCUT2D eigenvalue weighted by Crippen LogP contribution is -2.09. The molecular weight excluding hydrogens is 210 g/mol. The van der Waals surface area contributed by atoms with Gasteiger partial charge >= 0.3 is 0 Å². The summed E-state index contributed by atoms with van der Waals surface area (Å²) >= 11 is 0. The van der Waals surface area contributed by atoms with Crippen LogP contribution in [0.2, 0.25) is 0 Å². The Bertz CT molecular complexity index is 368. The van der Waals surface area contributed by atoms with Gasteiger partial charge in [-0.05, 0) is 31.4 Å². The van der Waals surface area contributed by atoms with E-state index < -0.39 is 0 Å². The molecule has 0 fully saturated rings. The van der Waals surface area contributed by atoms with E-state index in [-0.39, 0.29) is 5.91 Å². The van der Waals surface area contributed by atoms with Crippen LogP contribution in [0.1, 0.15) is 25.7 Å². The topological polar surface area (TPSA) is 29.1 Å². The molecule has 0 bridgehead atoms. The van der Waals surface area contributed by atoms with Crippen LogP contribution in [0.3, 0.4) is 0 Å². The summed E-state index contributed by atoms with van der Waals surface area (Å²) in [5, 5.41) is 2.84. The minimum absolute atomic E-state index is 0.0242. The zero-order valence-electron chi connectivity index (χ0n) is 10.1. The van der Waals surface area contributed by atoms with E-state index in [9.17, 15) is 4.79 Å². The lowest BCUT2D eigenvalue weighted by atomic mass is 10.2. The average Bonchev–Trinajstić information content (AvgIpc) is 2.35. The number of hydrogen-bond acceptors (Lipinski definition) is 1. The highest BCUT2D eigenvalue weighted by atomic mass is 16.1. The van der Waals surface area contributed by atoms with E-state index in [0.29, 0.717) is 6.42 Å². The Kier molecular flexibility index (Phi) is 6.49. The van der Waals surface area contributed by atoms with Gasteiger partial charge in [-0.3, -0.25) is 4.79 Å². The molecule has 0 aliphatic carbocycles. The number of amides is 1. The minimum atomic E-state index is 0.0242. The first-order chi connectivity index (χ1) is 8.33. The number of unbranched alkanes of at least 4 members (excludes halogenated alkanes) is 2. The first kappa shape index (κ1) is 13.2. The van der Waals surface area contributed by atoms with E-state index in [2.05, 4.69) is 11.9 Å². The molecule has 0 radical (unpaired) electrons. The number of anilines is 1. The van der Waals surface area contributed by atoms with Gasteiger partial charge in [-0.1, -0.05) is 36.4 Å². The highest BCUT2D eigenvalue weighted by molar-refractivity contribution is 5.91. The molecule has 2 heteroatoms. The van der Waals surface area contributed by atoms with Crippen molar-refractivity contribution in [2.24, 2.45) is 0 Å². The smallest absolute Gasteiger partial charge is 0.228 e. The third-order valence-electron chi connectivity index (χ3n) is 2.31. The molecule has 0 aliphatic heterocycles. The standard InChI is InChI=1S/C15H19NO/c1-2-3-4-5-6-10-13-15(17)16-14-11-8-7-9-12-14/h2,6-12H,1,3-5,13H2,(H,16,17)/b10-6+. The van der Waals surface area contributed by atoms with Gasteiger partial charge in [0.25, 0.3) is 0 Å². The van der Waals surface area contributed by atoms with Crippen LogP contribution in [0.4, 0.5) is 5.69 Å². The summed E-state index contributed by atoms with van der Waals surface area (Å²) in [7, 11) is 0. The number of carbonyl (C=O) groups excluding carboxylic acids is 1. The Morgan fingerprint density at radius 2 is 1.94 bits per heavy atom. The van der Waals surface area contributed by atoms with Crippen LogP contribution in [-0.2, 0) is 4.79 Å². The molecule has 1 N–H and O–H groups in total. The van der Waals surface area contributed by atoms with Crippen LogP contribution in [0.25, 0.3) is 0 Å². The van der Waals surface area contributed by atoms with Crippen LogP contribution in [0.15, 0.2) is 55.1 Å². The van der Waals surface area contributed by atoms with E-state index in [1.54, 1.807) is 0 Å². The van der Waals surface area contributed by atoms with Crippen LogP contribution >= 0.6 is 0 Å². The van der Waals surface area contributed by atoms with Gasteiger partial charge in [-0.15, -0.1) is 6.58 Å².